The summed E-state index contributed by atoms with van der Waals surface area (Å²) in [4.78, 5) is 19.0. The van der Waals surface area contributed by atoms with E-state index in [2.05, 4.69) is 30.6 Å². The summed E-state index contributed by atoms with van der Waals surface area (Å²) in [7, 11) is 0. The highest BCUT2D eigenvalue weighted by molar-refractivity contribution is 9.10. The molecule has 120 valence electrons. The highest BCUT2D eigenvalue weighted by Gasteiger charge is 2.34. The quantitative estimate of drug-likeness (QED) is 0.861. The van der Waals surface area contributed by atoms with Gasteiger partial charge in [0.1, 0.15) is 11.9 Å². The van der Waals surface area contributed by atoms with Crippen LogP contribution in [0, 0.1) is 6.92 Å². The van der Waals surface area contributed by atoms with Gasteiger partial charge >= 0.3 is 0 Å². The van der Waals surface area contributed by atoms with Crippen LogP contribution in [-0.4, -0.2) is 27.9 Å². The number of carbonyl (C=O) groups excluding carboxylic acids is 1. The molecule has 2 fully saturated rings. The number of aryl methyl sites for hydroxylation is 1. The molecule has 1 unspecified atom stereocenters. The van der Waals surface area contributed by atoms with Crippen molar-refractivity contribution in [2.45, 2.75) is 38.1 Å². The number of carbonyl (C=O) groups is 1. The van der Waals surface area contributed by atoms with Gasteiger partial charge in [-0.15, -0.1) is 0 Å². The van der Waals surface area contributed by atoms with Crippen LogP contribution >= 0.6 is 27.5 Å². The van der Waals surface area contributed by atoms with Crippen LogP contribution < -0.4 is 10.2 Å². The molecule has 4 rings (SSSR count). The van der Waals surface area contributed by atoms with Gasteiger partial charge in [-0.1, -0.05) is 15.9 Å². The van der Waals surface area contributed by atoms with Crippen LogP contribution in [0.25, 0.3) is 0 Å². The second-order valence-corrected chi connectivity index (χ2v) is 7.75. The molecule has 1 aromatic heterocycles. The summed E-state index contributed by atoms with van der Waals surface area (Å²) in [6.07, 6.45) is 3.16. The third-order valence-electron chi connectivity index (χ3n) is 4.34. The van der Waals surface area contributed by atoms with E-state index in [1.54, 1.807) is 0 Å². The van der Waals surface area contributed by atoms with Gasteiger partial charge in [0.25, 0.3) is 0 Å². The lowest BCUT2D eigenvalue weighted by Crippen LogP contribution is -2.33. The first-order chi connectivity index (χ1) is 11.1. The van der Waals surface area contributed by atoms with Crippen molar-refractivity contribution in [3.05, 3.63) is 34.1 Å². The minimum atomic E-state index is -0.209. The molecule has 23 heavy (non-hydrogen) atoms. The zero-order chi connectivity index (χ0) is 16.0. The number of amides is 1. The van der Waals surface area contributed by atoms with E-state index in [0.717, 1.165) is 39.6 Å². The number of hydrogen-bond acceptors (Lipinski definition) is 5. The van der Waals surface area contributed by atoms with Crippen molar-refractivity contribution in [2.75, 3.05) is 16.8 Å². The minimum Gasteiger partial charge on any atom is -0.348 e. The van der Waals surface area contributed by atoms with Crippen LogP contribution in [0.2, 0.25) is 0 Å². The lowest BCUT2D eigenvalue weighted by atomic mass is 10.2. The average Bonchev–Trinajstić information content (AvgIpc) is 3.19. The molecule has 1 saturated carbocycles. The summed E-state index contributed by atoms with van der Waals surface area (Å²) in [5.41, 5.74) is 2.08. The normalized spacial score (nSPS) is 21.0. The number of nitrogens with zero attached hydrogens (tertiary/aromatic N) is 3. The molecule has 1 atom stereocenters. The number of hydrogen-bond donors (Lipinski definition) is 1. The number of aromatic nitrogens is 2. The van der Waals surface area contributed by atoms with Crippen molar-refractivity contribution in [2.24, 2.45) is 0 Å². The van der Waals surface area contributed by atoms with Crippen LogP contribution in [-0.2, 0) is 4.79 Å². The Morgan fingerprint density at radius 3 is 2.91 bits per heavy atom. The Bertz CT molecular complexity index is 758. The van der Waals surface area contributed by atoms with Crippen LogP contribution in [0.4, 0.5) is 10.8 Å². The molecule has 1 aliphatic heterocycles. The fourth-order valence-electron chi connectivity index (χ4n) is 2.82. The molecule has 1 aliphatic carbocycles. The van der Waals surface area contributed by atoms with E-state index in [-0.39, 0.29) is 11.9 Å². The number of nitrogens with one attached hydrogen (secondary N) is 1. The largest absolute Gasteiger partial charge is 0.348 e. The second-order valence-electron chi connectivity index (χ2n) is 6.14. The van der Waals surface area contributed by atoms with E-state index in [4.69, 9.17) is 0 Å². The molecule has 5 nitrogen and oxygen atoms in total. The summed E-state index contributed by atoms with van der Waals surface area (Å²) in [5, 5.41) is 4.03. The van der Waals surface area contributed by atoms with Gasteiger partial charge in [0.2, 0.25) is 11.0 Å². The first-order valence-corrected chi connectivity index (χ1v) is 9.36. The lowest BCUT2D eigenvalue weighted by molar-refractivity contribution is -0.117. The van der Waals surface area contributed by atoms with Gasteiger partial charge in [-0.3, -0.25) is 4.79 Å². The zero-order valence-electron chi connectivity index (χ0n) is 12.8. The lowest BCUT2D eigenvalue weighted by Gasteiger charge is -2.18. The Morgan fingerprint density at radius 2 is 2.17 bits per heavy atom. The van der Waals surface area contributed by atoms with Crippen LogP contribution in [0.5, 0.6) is 0 Å². The van der Waals surface area contributed by atoms with Crippen LogP contribution in [0.3, 0.4) is 0 Å². The van der Waals surface area contributed by atoms with Crippen molar-refractivity contribution in [1.29, 1.82) is 0 Å². The number of anilines is 2. The predicted octanol–water partition coefficient (Wildman–Crippen LogP) is 3.70. The highest BCUT2D eigenvalue weighted by Crippen LogP contribution is 2.39. The number of halogens is 1. The van der Waals surface area contributed by atoms with Crippen molar-refractivity contribution in [1.82, 2.24) is 9.36 Å². The van der Waals surface area contributed by atoms with Crippen molar-refractivity contribution in [3.63, 3.8) is 0 Å². The summed E-state index contributed by atoms with van der Waals surface area (Å²) in [6.45, 7) is 2.76. The molecule has 1 aromatic carbocycles. The summed E-state index contributed by atoms with van der Waals surface area (Å²) >= 11 is 4.86. The first-order valence-electron chi connectivity index (χ1n) is 7.79. The number of rotatable bonds is 4. The summed E-state index contributed by atoms with van der Waals surface area (Å²) in [6, 6.07) is 5.80. The standard InChI is InChI=1S/C16H17BrN4OS/c1-9-8-11(4-5-12(9)17)21-7-6-13(15(21)22)18-16-19-14(20-23-16)10-2-3-10/h4-5,8,10,13H,2-3,6-7H2,1H3,(H,18,19,20). The smallest absolute Gasteiger partial charge is 0.249 e. The van der Waals surface area contributed by atoms with Crippen molar-refractivity contribution < 1.29 is 4.79 Å². The fraction of sp³-hybridized carbons (Fsp3) is 0.438. The Labute approximate surface area is 147 Å². The van der Waals surface area contributed by atoms with Gasteiger partial charge in [0, 0.05) is 34.2 Å². The van der Waals surface area contributed by atoms with Crippen LogP contribution in [0.15, 0.2) is 22.7 Å². The van der Waals surface area contributed by atoms with E-state index in [1.807, 2.05) is 30.0 Å². The molecule has 2 aromatic rings. The fourth-order valence-corrected chi connectivity index (χ4v) is 3.76. The van der Waals surface area contributed by atoms with E-state index >= 15 is 0 Å². The van der Waals surface area contributed by atoms with Crippen molar-refractivity contribution >= 4 is 44.2 Å². The van der Waals surface area contributed by atoms with E-state index < -0.39 is 0 Å². The van der Waals surface area contributed by atoms with Gasteiger partial charge in [-0.2, -0.15) is 4.37 Å². The maximum atomic E-state index is 12.7. The summed E-state index contributed by atoms with van der Waals surface area (Å²) in [5.74, 6) is 1.58. The predicted molar refractivity (Wildman–Crippen MR) is 95.1 cm³/mol. The average molecular weight is 393 g/mol. The molecule has 0 spiro atoms. The molecule has 2 heterocycles. The van der Waals surface area contributed by atoms with Gasteiger partial charge in [-0.05, 0) is 49.9 Å². The molecular weight excluding hydrogens is 376 g/mol. The van der Waals surface area contributed by atoms with Crippen molar-refractivity contribution in [3.8, 4) is 0 Å². The van der Waals surface area contributed by atoms with E-state index in [1.165, 1.54) is 24.4 Å². The van der Waals surface area contributed by atoms with Gasteiger partial charge < -0.3 is 10.2 Å². The van der Waals surface area contributed by atoms with Gasteiger partial charge in [-0.25, -0.2) is 4.98 Å². The SMILES string of the molecule is Cc1cc(N2CCC(Nc3nc(C4CC4)ns3)C2=O)ccc1Br. The Kier molecular flexibility index (Phi) is 3.85. The second kappa shape index (κ2) is 5.87. The number of benzene rings is 1. The molecule has 0 bridgehead atoms. The Hall–Kier alpha value is -1.47. The van der Waals surface area contributed by atoms with E-state index in [0.29, 0.717) is 5.92 Å². The topological polar surface area (TPSA) is 58.1 Å². The molecule has 1 N–H and O–H groups in total. The third kappa shape index (κ3) is 2.99. The Balaban J connectivity index is 1.46. The molecule has 1 amide bonds. The molecule has 2 aliphatic rings. The monoisotopic (exact) mass is 392 g/mol. The minimum absolute atomic E-state index is 0.106. The maximum Gasteiger partial charge on any atom is 0.249 e. The molecule has 7 heteroatoms. The van der Waals surface area contributed by atoms with Gasteiger partial charge in [0.15, 0.2) is 0 Å². The van der Waals surface area contributed by atoms with Crippen LogP contribution in [0.1, 0.15) is 36.6 Å². The van der Waals surface area contributed by atoms with E-state index in [9.17, 15) is 4.79 Å². The third-order valence-corrected chi connectivity index (χ3v) is 5.89. The van der Waals surface area contributed by atoms with Gasteiger partial charge in [0.05, 0.1) is 0 Å². The molecule has 0 radical (unpaired) electrons. The summed E-state index contributed by atoms with van der Waals surface area (Å²) < 4.78 is 5.44. The maximum absolute atomic E-state index is 12.7. The zero-order valence-corrected chi connectivity index (χ0v) is 15.2. The molecule has 1 saturated heterocycles. The highest BCUT2D eigenvalue weighted by atomic mass is 79.9. The Morgan fingerprint density at radius 1 is 1.35 bits per heavy atom. The first kappa shape index (κ1) is 15.1. The molecular formula is C16H17BrN4OS.